The molecule has 0 aromatic rings. The van der Waals surface area contributed by atoms with E-state index in [2.05, 4.69) is 16.0 Å². The van der Waals surface area contributed by atoms with Gasteiger partial charge >= 0.3 is 17.9 Å². The van der Waals surface area contributed by atoms with Crippen LogP contribution in [0.5, 0.6) is 0 Å². The van der Waals surface area contributed by atoms with Crippen molar-refractivity contribution < 1.29 is 49.2 Å². The first-order valence-electron chi connectivity index (χ1n) is 10.2. The monoisotopic (exact) mass is 476 g/mol. The Morgan fingerprint density at radius 3 is 1.73 bits per heavy atom. The van der Waals surface area contributed by atoms with Crippen LogP contribution in [0.4, 0.5) is 0 Å². The van der Waals surface area contributed by atoms with Crippen molar-refractivity contribution in [2.45, 2.75) is 76.7 Å². The van der Waals surface area contributed by atoms with E-state index in [-0.39, 0.29) is 18.8 Å². The van der Waals surface area contributed by atoms with Crippen molar-refractivity contribution in [3.63, 3.8) is 0 Å². The Labute approximate surface area is 189 Å². The standard InChI is InChI=1S/C19H32N4O10/c1-8(2)6-12(18(31)23-15(9(3)24)19(32)33)22-17(30)11(4-5-13(25)26)21-16(29)10(20)7-14(27)28/h8-12,15,24H,4-7,20H2,1-3H3,(H,21,29)(H,22,30)(H,23,31)(H,25,26)(H,27,28)(H,32,33). The number of nitrogens with one attached hydrogen (secondary N) is 3. The molecular formula is C19H32N4O10. The maximum absolute atomic E-state index is 12.8. The van der Waals surface area contributed by atoms with Crippen LogP contribution in [-0.4, -0.2) is 86.3 Å². The minimum atomic E-state index is -1.64. The minimum Gasteiger partial charge on any atom is -0.481 e. The van der Waals surface area contributed by atoms with E-state index in [1.54, 1.807) is 13.8 Å². The highest BCUT2D eigenvalue weighted by atomic mass is 16.4. The lowest BCUT2D eigenvalue weighted by Crippen LogP contribution is -2.58. The van der Waals surface area contributed by atoms with Gasteiger partial charge in [-0.1, -0.05) is 13.8 Å². The Morgan fingerprint density at radius 1 is 0.788 bits per heavy atom. The highest BCUT2D eigenvalue weighted by Gasteiger charge is 2.32. The molecule has 0 fully saturated rings. The molecule has 0 aliphatic carbocycles. The molecule has 14 heteroatoms. The summed E-state index contributed by atoms with van der Waals surface area (Å²) in [5.41, 5.74) is 5.47. The van der Waals surface area contributed by atoms with Gasteiger partial charge in [-0.2, -0.15) is 0 Å². The molecule has 0 spiro atoms. The Bertz CT molecular complexity index is 740. The lowest BCUT2D eigenvalue weighted by molar-refractivity contribution is -0.145. The topological polar surface area (TPSA) is 245 Å². The lowest BCUT2D eigenvalue weighted by Gasteiger charge is -2.26. The molecule has 0 aliphatic rings. The maximum Gasteiger partial charge on any atom is 0.328 e. The molecule has 0 saturated heterocycles. The van der Waals surface area contributed by atoms with Crippen molar-refractivity contribution in [3.05, 3.63) is 0 Å². The fourth-order valence-corrected chi connectivity index (χ4v) is 2.71. The van der Waals surface area contributed by atoms with Crippen molar-refractivity contribution in [2.75, 3.05) is 0 Å². The smallest absolute Gasteiger partial charge is 0.328 e. The molecule has 14 nitrogen and oxygen atoms in total. The highest BCUT2D eigenvalue weighted by Crippen LogP contribution is 2.08. The van der Waals surface area contributed by atoms with Gasteiger partial charge in [0.15, 0.2) is 6.04 Å². The average Bonchev–Trinajstić information content (AvgIpc) is 2.66. The summed E-state index contributed by atoms with van der Waals surface area (Å²) in [6.07, 6.45) is -3.01. The van der Waals surface area contributed by atoms with Gasteiger partial charge in [0.25, 0.3) is 0 Å². The molecule has 0 aliphatic heterocycles. The summed E-state index contributed by atoms with van der Waals surface area (Å²) in [5, 5.41) is 43.0. The molecule has 0 aromatic carbocycles. The predicted molar refractivity (Wildman–Crippen MR) is 112 cm³/mol. The number of amides is 3. The second-order valence-corrected chi connectivity index (χ2v) is 7.95. The lowest BCUT2D eigenvalue weighted by atomic mass is 10.0. The van der Waals surface area contributed by atoms with Crippen LogP contribution in [0.15, 0.2) is 0 Å². The zero-order chi connectivity index (χ0) is 25.9. The zero-order valence-corrected chi connectivity index (χ0v) is 18.6. The quantitative estimate of drug-likeness (QED) is 0.124. The number of carbonyl (C=O) groups is 6. The summed E-state index contributed by atoms with van der Waals surface area (Å²) in [6.45, 7) is 4.61. The van der Waals surface area contributed by atoms with Crippen molar-refractivity contribution in [2.24, 2.45) is 11.7 Å². The zero-order valence-electron chi connectivity index (χ0n) is 18.6. The number of aliphatic hydroxyl groups is 1. The summed E-state index contributed by atoms with van der Waals surface area (Å²) in [6, 6.07) is -5.86. The number of carboxylic acids is 3. The van der Waals surface area contributed by atoms with Crippen molar-refractivity contribution in [1.29, 1.82) is 0 Å². The number of rotatable bonds is 15. The van der Waals surface area contributed by atoms with Crippen molar-refractivity contribution >= 4 is 35.6 Å². The first-order chi connectivity index (χ1) is 15.1. The van der Waals surface area contributed by atoms with Crippen LogP contribution in [0.25, 0.3) is 0 Å². The number of aliphatic hydroxyl groups excluding tert-OH is 1. The number of hydrogen-bond acceptors (Lipinski definition) is 8. The normalized spacial score (nSPS) is 15.5. The molecule has 3 amide bonds. The molecule has 0 rings (SSSR count). The second kappa shape index (κ2) is 14.0. The van der Waals surface area contributed by atoms with Crippen molar-refractivity contribution in [1.82, 2.24) is 16.0 Å². The molecule has 188 valence electrons. The fraction of sp³-hybridized carbons (Fsp3) is 0.684. The van der Waals surface area contributed by atoms with E-state index in [0.29, 0.717) is 0 Å². The number of aliphatic carboxylic acids is 3. The molecule has 0 bridgehead atoms. The molecule has 0 heterocycles. The highest BCUT2D eigenvalue weighted by molar-refractivity contribution is 5.95. The maximum atomic E-state index is 12.8. The van der Waals surface area contributed by atoms with Crippen LogP contribution in [-0.2, 0) is 28.8 Å². The van der Waals surface area contributed by atoms with E-state index in [1.165, 1.54) is 0 Å². The molecule has 9 N–H and O–H groups in total. The Hall–Kier alpha value is -3.26. The van der Waals surface area contributed by atoms with E-state index in [1.807, 2.05) is 0 Å². The van der Waals surface area contributed by atoms with Crippen LogP contribution >= 0.6 is 0 Å². The van der Waals surface area contributed by atoms with Crippen LogP contribution in [0.1, 0.15) is 46.5 Å². The van der Waals surface area contributed by atoms with Gasteiger partial charge in [0.2, 0.25) is 17.7 Å². The van der Waals surface area contributed by atoms with E-state index in [0.717, 1.165) is 6.92 Å². The van der Waals surface area contributed by atoms with Gasteiger partial charge in [-0.25, -0.2) is 4.79 Å². The molecule has 33 heavy (non-hydrogen) atoms. The molecule has 0 aromatic heterocycles. The minimum absolute atomic E-state index is 0.0574. The molecule has 5 atom stereocenters. The van der Waals surface area contributed by atoms with E-state index >= 15 is 0 Å². The number of nitrogens with two attached hydrogens (primary N) is 1. The Balaban J connectivity index is 5.57. The third kappa shape index (κ3) is 11.8. The summed E-state index contributed by atoms with van der Waals surface area (Å²) < 4.78 is 0. The van der Waals surface area contributed by atoms with Crippen LogP contribution in [0.2, 0.25) is 0 Å². The number of carbonyl (C=O) groups excluding carboxylic acids is 3. The average molecular weight is 476 g/mol. The largest absolute Gasteiger partial charge is 0.481 e. The van der Waals surface area contributed by atoms with Crippen LogP contribution < -0.4 is 21.7 Å². The molecule has 0 radical (unpaired) electrons. The van der Waals surface area contributed by atoms with Gasteiger partial charge in [-0.05, 0) is 25.7 Å². The third-order valence-corrected chi connectivity index (χ3v) is 4.40. The number of hydrogen-bond donors (Lipinski definition) is 8. The van der Waals surface area contributed by atoms with Gasteiger partial charge in [-0.3, -0.25) is 24.0 Å². The van der Waals surface area contributed by atoms with Crippen LogP contribution in [0.3, 0.4) is 0 Å². The van der Waals surface area contributed by atoms with E-state index in [9.17, 15) is 33.9 Å². The second-order valence-electron chi connectivity index (χ2n) is 7.95. The molecule has 5 unspecified atom stereocenters. The van der Waals surface area contributed by atoms with Gasteiger partial charge in [0, 0.05) is 6.42 Å². The molecular weight excluding hydrogens is 444 g/mol. The SMILES string of the molecule is CC(C)CC(NC(=O)C(CCC(=O)O)NC(=O)C(N)CC(=O)O)C(=O)NC(C(=O)O)C(C)O. The van der Waals surface area contributed by atoms with Gasteiger partial charge in [0.1, 0.15) is 12.1 Å². The Morgan fingerprint density at radius 2 is 1.30 bits per heavy atom. The van der Waals surface area contributed by atoms with Gasteiger partial charge in [-0.15, -0.1) is 0 Å². The van der Waals surface area contributed by atoms with E-state index < -0.39 is 78.7 Å². The molecule has 0 saturated carbocycles. The van der Waals surface area contributed by atoms with Crippen molar-refractivity contribution in [3.8, 4) is 0 Å². The summed E-state index contributed by atoms with van der Waals surface area (Å²) in [7, 11) is 0. The first-order valence-corrected chi connectivity index (χ1v) is 10.2. The van der Waals surface area contributed by atoms with Crippen LogP contribution in [0, 0.1) is 5.92 Å². The number of carboxylic acid groups (broad SMARTS) is 3. The summed E-state index contributed by atoms with van der Waals surface area (Å²) in [5.74, 6) is -7.13. The Kier molecular flexibility index (Phi) is 12.6. The summed E-state index contributed by atoms with van der Waals surface area (Å²) >= 11 is 0. The predicted octanol–water partition coefficient (Wildman–Crippen LogP) is -2.38. The summed E-state index contributed by atoms with van der Waals surface area (Å²) in [4.78, 5) is 70.4. The fourth-order valence-electron chi connectivity index (χ4n) is 2.71. The van der Waals surface area contributed by atoms with Gasteiger partial charge < -0.3 is 42.1 Å². The first kappa shape index (κ1) is 29.7. The van der Waals surface area contributed by atoms with Gasteiger partial charge in [0.05, 0.1) is 18.6 Å². The van der Waals surface area contributed by atoms with E-state index in [4.69, 9.17) is 21.1 Å². The third-order valence-electron chi connectivity index (χ3n) is 4.40.